The number of hydrogen-bond acceptors (Lipinski definition) is 5. The van der Waals surface area contributed by atoms with E-state index in [1.54, 1.807) is 29.9 Å². The molecule has 0 atom stereocenters. The van der Waals surface area contributed by atoms with Gasteiger partial charge < -0.3 is 10.1 Å². The largest absolute Gasteiger partial charge is 0.494 e. The Labute approximate surface area is 126 Å². The molecule has 0 aliphatic heterocycles. The zero-order chi connectivity index (χ0) is 16.1. The van der Waals surface area contributed by atoms with E-state index >= 15 is 0 Å². The Hall–Kier alpha value is -2.90. The molecule has 0 saturated carbocycles. The van der Waals surface area contributed by atoms with Gasteiger partial charge in [0.25, 0.3) is 11.6 Å². The Kier molecular flexibility index (Phi) is 4.72. The van der Waals surface area contributed by atoms with Crippen molar-refractivity contribution in [3.8, 4) is 5.75 Å². The van der Waals surface area contributed by atoms with Gasteiger partial charge in [0.05, 0.1) is 17.6 Å². The lowest BCUT2D eigenvalue weighted by molar-refractivity contribution is -0.384. The van der Waals surface area contributed by atoms with Gasteiger partial charge in [-0.25, -0.2) is 0 Å². The second-order valence-corrected chi connectivity index (χ2v) is 4.38. The number of rotatable bonds is 6. The normalized spacial score (nSPS) is 10.3. The maximum absolute atomic E-state index is 12.1. The van der Waals surface area contributed by atoms with Crippen molar-refractivity contribution in [1.82, 2.24) is 9.78 Å². The lowest BCUT2D eigenvalue weighted by Gasteiger charge is -2.07. The Balaban J connectivity index is 2.24. The van der Waals surface area contributed by atoms with Crippen LogP contribution in [0.5, 0.6) is 5.75 Å². The molecule has 0 radical (unpaired) electrons. The Morgan fingerprint density at radius 1 is 1.41 bits per heavy atom. The highest BCUT2D eigenvalue weighted by Gasteiger charge is 2.19. The number of amides is 1. The summed E-state index contributed by atoms with van der Waals surface area (Å²) in [6, 6.07) is 5.84. The Morgan fingerprint density at radius 2 is 2.18 bits per heavy atom. The second kappa shape index (κ2) is 6.70. The van der Waals surface area contributed by atoms with Gasteiger partial charge in [0.1, 0.15) is 11.4 Å². The fraction of sp³-hybridized carbons (Fsp3) is 0.286. The van der Waals surface area contributed by atoms with Crippen LogP contribution in [-0.2, 0) is 6.54 Å². The fourth-order valence-corrected chi connectivity index (χ4v) is 1.87. The molecule has 0 unspecified atom stereocenters. The number of nitro benzene ring substituents is 1. The van der Waals surface area contributed by atoms with E-state index in [1.165, 1.54) is 12.1 Å². The standard InChI is InChI=1S/C14H16N4O4/c1-3-17-8-7-12(16-17)14(19)15-11-6-5-10(22-4-2)9-13(11)18(20)21/h5-9H,3-4H2,1-2H3,(H,15,19). The number of nitro groups is 1. The van der Waals surface area contributed by atoms with Gasteiger partial charge in [-0.2, -0.15) is 5.10 Å². The van der Waals surface area contributed by atoms with Gasteiger partial charge in [0, 0.05) is 12.7 Å². The molecule has 22 heavy (non-hydrogen) atoms. The van der Waals surface area contributed by atoms with Crippen LogP contribution >= 0.6 is 0 Å². The van der Waals surface area contributed by atoms with Gasteiger partial charge >= 0.3 is 0 Å². The molecular weight excluding hydrogens is 288 g/mol. The van der Waals surface area contributed by atoms with E-state index in [1.807, 2.05) is 6.92 Å². The van der Waals surface area contributed by atoms with Crippen LogP contribution in [0.25, 0.3) is 0 Å². The topological polar surface area (TPSA) is 99.3 Å². The number of carbonyl (C=O) groups excluding carboxylic acids is 1. The van der Waals surface area contributed by atoms with Gasteiger partial charge in [-0.15, -0.1) is 0 Å². The summed E-state index contributed by atoms with van der Waals surface area (Å²) in [4.78, 5) is 22.6. The molecule has 0 saturated heterocycles. The smallest absolute Gasteiger partial charge is 0.296 e. The molecule has 1 aromatic heterocycles. The Bertz CT molecular complexity index is 696. The van der Waals surface area contributed by atoms with Crippen molar-refractivity contribution in [2.24, 2.45) is 0 Å². The van der Waals surface area contributed by atoms with Crippen LogP contribution in [0.2, 0.25) is 0 Å². The first-order valence-corrected chi connectivity index (χ1v) is 6.81. The summed E-state index contributed by atoms with van der Waals surface area (Å²) in [5.41, 5.74) is 0.0729. The molecule has 0 fully saturated rings. The van der Waals surface area contributed by atoms with Crippen LogP contribution in [0.3, 0.4) is 0 Å². The van der Waals surface area contributed by atoms with Crippen LogP contribution < -0.4 is 10.1 Å². The summed E-state index contributed by atoms with van der Waals surface area (Å²) in [7, 11) is 0. The van der Waals surface area contributed by atoms with Crippen LogP contribution in [0.4, 0.5) is 11.4 Å². The molecule has 1 amide bonds. The number of aryl methyl sites for hydroxylation is 1. The van der Waals surface area contributed by atoms with Gasteiger partial charge in [0.2, 0.25) is 0 Å². The molecule has 0 spiro atoms. The van der Waals surface area contributed by atoms with Crippen molar-refractivity contribution in [3.05, 3.63) is 46.3 Å². The van der Waals surface area contributed by atoms with Crippen molar-refractivity contribution < 1.29 is 14.5 Å². The first kappa shape index (κ1) is 15.5. The molecule has 0 aliphatic carbocycles. The minimum Gasteiger partial charge on any atom is -0.494 e. The maximum Gasteiger partial charge on any atom is 0.296 e. The number of ether oxygens (including phenoxy) is 1. The van der Waals surface area contributed by atoms with E-state index in [0.29, 0.717) is 18.9 Å². The maximum atomic E-state index is 12.1. The van der Waals surface area contributed by atoms with Crippen molar-refractivity contribution in [1.29, 1.82) is 0 Å². The van der Waals surface area contributed by atoms with Gasteiger partial charge in [-0.1, -0.05) is 0 Å². The Morgan fingerprint density at radius 3 is 2.77 bits per heavy atom. The lowest BCUT2D eigenvalue weighted by atomic mass is 10.2. The summed E-state index contributed by atoms with van der Waals surface area (Å²) in [6.07, 6.45) is 1.67. The lowest BCUT2D eigenvalue weighted by Crippen LogP contribution is -2.14. The van der Waals surface area contributed by atoms with Crippen molar-refractivity contribution in [2.75, 3.05) is 11.9 Å². The second-order valence-electron chi connectivity index (χ2n) is 4.38. The third-order valence-electron chi connectivity index (χ3n) is 2.92. The minimum atomic E-state index is -0.567. The van der Waals surface area contributed by atoms with E-state index in [-0.39, 0.29) is 17.1 Å². The van der Waals surface area contributed by atoms with Crippen molar-refractivity contribution in [2.45, 2.75) is 20.4 Å². The summed E-state index contributed by atoms with van der Waals surface area (Å²) in [5, 5.41) is 17.7. The minimum absolute atomic E-state index is 0.101. The molecule has 0 bridgehead atoms. The number of aromatic nitrogens is 2. The van der Waals surface area contributed by atoms with Gasteiger partial charge in [-0.3, -0.25) is 19.6 Å². The van der Waals surface area contributed by atoms with Gasteiger partial charge in [0.15, 0.2) is 5.69 Å². The van der Waals surface area contributed by atoms with E-state index in [0.717, 1.165) is 0 Å². The molecular formula is C14H16N4O4. The molecule has 1 heterocycles. The van der Waals surface area contributed by atoms with Gasteiger partial charge in [-0.05, 0) is 32.0 Å². The van der Waals surface area contributed by atoms with Crippen LogP contribution in [0, 0.1) is 10.1 Å². The highest BCUT2D eigenvalue weighted by Crippen LogP contribution is 2.29. The number of nitrogens with one attached hydrogen (secondary N) is 1. The van der Waals surface area contributed by atoms with Crippen LogP contribution in [-0.4, -0.2) is 27.2 Å². The van der Waals surface area contributed by atoms with E-state index in [4.69, 9.17) is 4.74 Å². The van der Waals surface area contributed by atoms with E-state index in [9.17, 15) is 14.9 Å². The molecule has 2 aromatic rings. The van der Waals surface area contributed by atoms with Crippen LogP contribution in [0.1, 0.15) is 24.3 Å². The highest BCUT2D eigenvalue weighted by molar-refractivity contribution is 6.04. The molecule has 8 heteroatoms. The number of hydrogen-bond donors (Lipinski definition) is 1. The first-order chi connectivity index (χ1) is 10.5. The summed E-state index contributed by atoms with van der Waals surface area (Å²) < 4.78 is 6.83. The summed E-state index contributed by atoms with van der Waals surface area (Å²) in [5.74, 6) is -0.123. The average molecular weight is 304 g/mol. The SMILES string of the molecule is CCOc1ccc(NC(=O)c2ccn(CC)n2)c([N+](=O)[O-])c1. The van der Waals surface area contributed by atoms with E-state index in [2.05, 4.69) is 10.4 Å². The quantitative estimate of drug-likeness (QED) is 0.652. The fourth-order valence-electron chi connectivity index (χ4n) is 1.87. The van der Waals surface area contributed by atoms with Crippen molar-refractivity contribution in [3.63, 3.8) is 0 Å². The van der Waals surface area contributed by atoms with E-state index < -0.39 is 10.8 Å². The number of anilines is 1. The predicted molar refractivity (Wildman–Crippen MR) is 80.1 cm³/mol. The molecule has 2 rings (SSSR count). The zero-order valence-corrected chi connectivity index (χ0v) is 12.3. The molecule has 1 aromatic carbocycles. The molecule has 1 N–H and O–H groups in total. The molecule has 116 valence electrons. The predicted octanol–water partition coefficient (Wildman–Crippen LogP) is 2.46. The summed E-state index contributed by atoms with van der Waals surface area (Å²) >= 11 is 0. The number of carbonyl (C=O) groups is 1. The molecule has 8 nitrogen and oxygen atoms in total. The third-order valence-corrected chi connectivity index (χ3v) is 2.92. The van der Waals surface area contributed by atoms with Crippen molar-refractivity contribution >= 4 is 17.3 Å². The zero-order valence-electron chi connectivity index (χ0n) is 12.3. The monoisotopic (exact) mass is 304 g/mol. The number of nitrogens with zero attached hydrogens (tertiary/aromatic N) is 3. The molecule has 0 aliphatic rings. The third kappa shape index (κ3) is 3.40. The average Bonchev–Trinajstić information content (AvgIpc) is 2.98. The number of benzene rings is 1. The summed E-state index contributed by atoms with van der Waals surface area (Å²) in [6.45, 7) is 4.71. The first-order valence-electron chi connectivity index (χ1n) is 6.81. The van der Waals surface area contributed by atoms with Crippen LogP contribution in [0.15, 0.2) is 30.5 Å². The highest BCUT2D eigenvalue weighted by atomic mass is 16.6.